The van der Waals surface area contributed by atoms with Crippen molar-refractivity contribution in [2.75, 3.05) is 0 Å². The lowest BCUT2D eigenvalue weighted by Gasteiger charge is -2.57. The SMILES string of the molecule is N#Cc1ccc2oc3cc(-c4cccc(-c5nc(-c6ccccc6)nc(-c6ccc(C78C[C@H]9C[C@@H](C7)C[C@@H](C8)C9)cc6)n5)c4)ccc3c2c1. The Morgan fingerprint density at radius 3 is 1.82 bits per heavy atom. The summed E-state index contributed by atoms with van der Waals surface area (Å²) in [5.41, 5.74) is 9.03. The van der Waals surface area contributed by atoms with Crippen molar-refractivity contribution >= 4 is 21.9 Å². The van der Waals surface area contributed by atoms with Crippen molar-refractivity contribution in [2.24, 2.45) is 17.8 Å². The van der Waals surface area contributed by atoms with E-state index < -0.39 is 0 Å². The minimum atomic E-state index is 0.359. The molecule has 0 unspecified atom stereocenters. The first-order chi connectivity index (χ1) is 24.1. The highest BCUT2D eigenvalue weighted by molar-refractivity contribution is 6.06. The third kappa shape index (κ3) is 4.85. The Morgan fingerprint density at radius 2 is 1.12 bits per heavy atom. The summed E-state index contributed by atoms with van der Waals surface area (Å²) in [6, 6.07) is 41.8. The fraction of sp³-hybridized carbons (Fsp3) is 0.227. The molecule has 4 fully saturated rings. The molecule has 5 heteroatoms. The zero-order valence-corrected chi connectivity index (χ0v) is 27.1. The second-order valence-electron chi connectivity index (χ2n) is 14.7. The lowest BCUT2D eigenvalue weighted by Crippen LogP contribution is -2.48. The number of furan rings is 1. The van der Waals surface area contributed by atoms with Gasteiger partial charge in [-0.3, -0.25) is 0 Å². The second-order valence-corrected chi connectivity index (χ2v) is 14.7. The van der Waals surface area contributed by atoms with Gasteiger partial charge in [0, 0.05) is 27.5 Å². The van der Waals surface area contributed by atoms with E-state index in [4.69, 9.17) is 19.4 Å². The maximum Gasteiger partial charge on any atom is 0.164 e. The maximum absolute atomic E-state index is 9.39. The minimum absolute atomic E-state index is 0.359. The number of benzene rings is 5. The Bertz CT molecular complexity index is 2400. The molecule has 0 saturated heterocycles. The van der Waals surface area contributed by atoms with E-state index in [0.717, 1.165) is 67.5 Å². The van der Waals surface area contributed by atoms with E-state index in [-0.39, 0.29) is 0 Å². The Labute approximate surface area is 285 Å². The molecule has 49 heavy (non-hydrogen) atoms. The van der Waals surface area contributed by atoms with Gasteiger partial charge in [-0.1, -0.05) is 78.9 Å². The molecule has 4 aliphatic rings. The van der Waals surface area contributed by atoms with Gasteiger partial charge >= 0.3 is 0 Å². The van der Waals surface area contributed by atoms with Crippen LogP contribution in [0.2, 0.25) is 0 Å². The summed E-state index contributed by atoms with van der Waals surface area (Å²) in [6.07, 6.45) is 8.42. The highest BCUT2D eigenvalue weighted by atomic mass is 16.3. The fourth-order valence-electron chi connectivity index (χ4n) is 9.65. The van der Waals surface area contributed by atoms with Crippen molar-refractivity contribution in [1.82, 2.24) is 15.0 Å². The number of hydrogen-bond donors (Lipinski definition) is 0. The average molecular weight is 635 g/mol. The van der Waals surface area contributed by atoms with E-state index in [2.05, 4.69) is 84.9 Å². The Kier molecular flexibility index (Phi) is 6.36. The first kappa shape index (κ1) is 28.4. The van der Waals surface area contributed by atoms with Gasteiger partial charge in [0.1, 0.15) is 11.2 Å². The molecule has 5 aromatic carbocycles. The van der Waals surface area contributed by atoms with Crippen LogP contribution < -0.4 is 0 Å². The van der Waals surface area contributed by atoms with Crippen LogP contribution in [0.5, 0.6) is 0 Å². The molecule has 236 valence electrons. The summed E-state index contributed by atoms with van der Waals surface area (Å²) >= 11 is 0. The molecule has 0 amide bonds. The molecule has 2 heterocycles. The van der Waals surface area contributed by atoms with Gasteiger partial charge in [-0.2, -0.15) is 5.26 Å². The molecular formula is C44H34N4O. The summed E-state index contributed by atoms with van der Waals surface area (Å²) < 4.78 is 6.19. The summed E-state index contributed by atoms with van der Waals surface area (Å²) in [5, 5.41) is 11.3. The highest BCUT2D eigenvalue weighted by Gasteiger charge is 2.51. The van der Waals surface area contributed by atoms with Crippen molar-refractivity contribution in [1.29, 1.82) is 5.26 Å². The zero-order chi connectivity index (χ0) is 32.5. The van der Waals surface area contributed by atoms with E-state index in [1.54, 1.807) is 6.07 Å². The third-order valence-corrected chi connectivity index (χ3v) is 11.5. The van der Waals surface area contributed by atoms with E-state index >= 15 is 0 Å². The van der Waals surface area contributed by atoms with Gasteiger partial charge in [0.25, 0.3) is 0 Å². The summed E-state index contributed by atoms with van der Waals surface area (Å²) in [4.78, 5) is 15.1. The predicted octanol–water partition coefficient (Wildman–Crippen LogP) is 10.8. The first-order valence-corrected chi connectivity index (χ1v) is 17.5. The van der Waals surface area contributed by atoms with E-state index in [9.17, 15) is 5.26 Å². The van der Waals surface area contributed by atoms with E-state index in [1.807, 2.05) is 30.3 Å². The van der Waals surface area contributed by atoms with Crippen LogP contribution in [0, 0.1) is 29.1 Å². The minimum Gasteiger partial charge on any atom is -0.456 e. The molecule has 0 radical (unpaired) electrons. The lowest BCUT2D eigenvalue weighted by atomic mass is 9.48. The molecule has 0 N–H and O–H groups in total. The van der Waals surface area contributed by atoms with Crippen molar-refractivity contribution < 1.29 is 4.42 Å². The van der Waals surface area contributed by atoms with Gasteiger partial charge in [-0.25, -0.2) is 15.0 Å². The van der Waals surface area contributed by atoms with Crippen LogP contribution in [0.4, 0.5) is 0 Å². The highest BCUT2D eigenvalue weighted by Crippen LogP contribution is 2.60. The fourth-order valence-corrected chi connectivity index (χ4v) is 9.65. The molecule has 5 nitrogen and oxygen atoms in total. The number of nitrogens with zero attached hydrogens (tertiary/aromatic N) is 4. The number of hydrogen-bond acceptors (Lipinski definition) is 5. The van der Waals surface area contributed by atoms with Gasteiger partial charge in [-0.15, -0.1) is 0 Å². The molecule has 2 aromatic heterocycles. The zero-order valence-electron chi connectivity index (χ0n) is 27.1. The molecule has 4 aliphatic carbocycles. The Morgan fingerprint density at radius 1 is 0.531 bits per heavy atom. The van der Waals surface area contributed by atoms with Gasteiger partial charge in [0.15, 0.2) is 17.5 Å². The summed E-state index contributed by atoms with van der Waals surface area (Å²) in [6.45, 7) is 0. The van der Waals surface area contributed by atoms with Crippen molar-refractivity contribution in [2.45, 2.75) is 43.9 Å². The van der Waals surface area contributed by atoms with Crippen LogP contribution in [0.25, 0.3) is 67.2 Å². The molecule has 4 bridgehead atoms. The first-order valence-electron chi connectivity index (χ1n) is 17.5. The van der Waals surface area contributed by atoms with Crippen LogP contribution in [0.3, 0.4) is 0 Å². The largest absolute Gasteiger partial charge is 0.456 e. The normalized spacial score (nSPS) is 22.5. The predicted molar refractivity (Wildman–Crippen MR) is 193 cm³/mol. The third-order valence-electron chi connectivity index (χ3n) is 11.5. The van der Waals surface area contributed by atoms with Crippen LogP contribution >= 0.6 is 0 Å². The quantitative estimate of drug-likeness (QED) is 0.188. The average Bonchev–Trinajstić information content (AvgIpc) is 3.52. The summed E-state index contributed by atoms with van der Waals surface area (Å²) in [5.74, 6) is 4.74. The number of fused-ring (bicyclic) bond motifs is 3. The van der Waals surface area contributed by atoms with Gasteiger partial charge in [0.05, 0.1) is 11.6 Å². The molecule has 0 aliphatic heterocycles. The Balaban J connectivity index is 1.03. The number of nitriles is 1. The number of aromatic nitrogens is 3. The molecule has 0 atom stereocenters. The standard InChI is InChI=1S/C44H34N4O/c45-26-27-9-16-39-38(20-27)37-15-12-34(22-40(37)49-39)33-7-4-8-35(21-33)43-47-41(31-5-2-1-3-6-31)46-42(48-43)32-10-13-36(14-11-32)44-23-28-17-29(24-44)19-30(18-28)25-44/h1-16,20-22,28-30H,17-19,23-25H2/t28-,29+,30-,44?. The lowest BCUT2D eigenvalue weighted by molar-refractivity contribution is -0.00518. The monoisotopic (exact) mass is 634 g/mol. The second kappa shape index (κ2) is 11.0. The molecule has 0 spiro atoms. The van der Waals surface area contributed by atoms with Crippen LogP contribution in [0.1, 0.15) is 49.7 Å². The van der Waals surface area contributed by atoms with E-state index in [1.165, 1.54) is 44.1 Å². The smallest absolute Gasteiger partial charge is 0.164 e. The van der Waals surface area contributed by atoms with Crippen molar-refractivity contribution in [3.63, 3.8) is 0 Å². The van der Waals surface area contributed by atoms with Crippen LogP contribution in [-0.2, 0) is 5.41 Å². The molecular weight excluding hydrogens is 601 g/mol. The topological polar surface area (TPSA) is 75.6 Å². The molecule has 7 aromatic rings. The number of rotatable bonds is 5. The van der Waals surface area contributed by atoms with Gasteiger partial charge in [0.2, 0.25) is 0 Å². The van der Waals surface area contributed by atoms with Gasteiger partial charge < -0.3 is 4.42 Å². The van der Waals surface area contributed by atoms with Crippen molar-refractivity contribution in [3.8, 4) is 51.4 Å². The van der Waals surface area contributed by atoms with E-state index in [0.29, 0.717) is 28.5 Å². The Hall–Kier alpha value is -5.60. The van der Waals surface area contributed by atoms with Crippen LogP contribution in [0.15, 0.2) is 120 Å². The van der Waals surface area contributed by atoms with Crippen molar-refractivity contribution in [3.05, 3.63) is 126 Å². The molecule has 4 saturated carbocycles. The maximum atomic E-state index is 9.39. The summed E-state index contributed by atoms with van der Waals surface area (Å²) in [7, 11) is 0. The molecule has 11 rings (SSSR count). The van der Waals surface area contributed by atoms with Crippen LogP contribution in [-0.4, -0.2) is 15.0 Å². The van der Waals surface area contributed by atoms with Gasteiger partial charge in [-0.05, 0) is 115 Å².